The lowest BCUT2D eigenvalue weighted by Gasteiger charge is -2.14. The van der Waals surface area contributed by atoms with Crippen molar-refractivity contribution in [1.82, 2.24) is 0 Å². The second-order valence-electron chi connectivity index (χ2n) is 4.17. The predicted molar refractivity (Wildman–Crippen MR) is 80.8 cm³/mol. The lowest BCUT2D eigenvalue weighted by atomic mass is 10.0. The third kappa shape index (κ3) is 3.14. The van der Waals surface area contributed by atoms with Gasteiger partial charge in [-0.15, -0.1) is 0 Å². The molecule has 2 nitrogen and oxygen atoms in total. The Morgan fingerprint density at radius 1 is 1.25 bits per heavy atom. The van der Waals surface area contributed by atoms with Gasteiger partial charge in [0, 0.05) is 10.0 Å². The zero-order valence-electron chi connectivity index (χ0n) is 10.7. The second-order valence-corrected chi connectivity index (χ2v) is 5.40. The Balaban J connectivity index is 2.31. The van der Waals surface area contributed by atoms with Crippen molar-refractivity contribution in [2.24, 2.45) is 0 Å². The summed E-state index contributed by atoms with van der Waals surface area (Å²) in [5, 5.41) is 10.2. The number of ether oxygens (including phenoxy) is 1. The standard InChI is InChI=1S/C15H13BrClFO2/c1-2-20-10-5-3-9(4-6-10)15(19)11-7-8-12(16)13(17)14(11)18/h3-8,15,19H,2H2,1H3. The van der Waals surface area contributed by atoms with E-state index in [1.165, 1.54) is 6.07 Å². The summed E-state index contributed by atoms with van der Waals surface area (Å²) in [6.45, 7) is 2.46. The first-order valence-corrected chi connectivity index (χ1v) is 7.26. The number of benzene rings is 2. The fourth-order valence-electron chi connectivity index (χ4n) is 1.84. The largest absolute Gasteiger partial charge is 0.494 e. The van der Waals surface area contributed by atoms with Crippen LogP contribution in [-0.4, -0.2) is 11.7 Å². The molecule has 0 amide bonds. The molecule has 2 aromatic carbocycles. The molecule has 20 heavy (non-hydrogen) atoms. The van der Waals surface area contributed by atoms with Crippen molar-refractivity contribution in [2.75, 3.05) is 6.61 Å². The monoisotopic (exact) mass is 358 g/mol. The molecular weight excluding hydrogens is 347 g/mol. The molecule has 0 bridgehead atoms. The molecule has 1 N–H and O–H groups in total. The van der Waals surface area contributed by atoms with E-state index in [1.54, 1.807) is 30.3 Å². The van der Waals surface area contributed by atoms with Gasteiger partial charge >= 0.3 is 0 Å². The minimum atomic E-state index is -1.07. The molecule has 0 heterocycles. The molecule has 0 aliphatic carbocycles. The highest BCUT2D eigenvalue weighted by molar-refractivity contribution is 9.10. The zero-order chi connectivity index (χ0) is 14.7. The maximum absolute atomic E-state index is 14.1. The number of halogens is 3. The van der Waals surface area contributed by atoms with Crippen molar-refractivity contribution in [1.29, 1.82) is 0 Å². The summed E-state index contributed by atoms with van der Waals surface area (Å²) in [5.74, 6) is 0.0835. The number of aliphatic hydroxyl groups is 1. The lowest BCUT2D eigenvalue weighted by Crippen LogP contribution is -2.03. The molecular formula is C15H13BrClFO2. The lowest BCUT2D eigenvalue weighted by molar-refractivity contribution is 0.215. The van der Waals surface area contributed by atoms with Gasteiger partial charge in [-0.3, -0.25) is 0 Å². The minimum absolute atomic E-state index is 0.0347. The van der Waals surface area contributed by atoms with E-state index in [4.69, 9.17) is 16.3 Å². The fraction of sp³-hybridized carbons (Fsp3) is 0.200. The van der Waals surface area contributed by atoms with Crippen LogP contribution in [0, 0.1) is 5.82 Å². The molecule has 0 aliphatic heterocycles. The van der Waals surface area contributed by atoms with Gasteiger partial charge in [-0.1, -0.05) is 29.8 Å². The van der Waals surface area contributed by atoms with E-state index in [-0.39, 0.29) is 10.6 Å². The zero-order valence-corrected chi connectivity index (χ0v) is 13.1. The van der Waals surface area contributed by atoms with Crippen LogP contribution in [0.15, 0.2) is 40.9 Å². The molecule has 0 radical (unpaired) electrons. The maximum atomic E-state index is 14.1. The summed E-state index contributed by atoms with van der Waals surface area (Å²) in [6, 6.07) is 9.99. The van der Waals surface area contributed by atoms with Crippen LogP contribution >= 0.6 is 27.5 Å². The third-order valence-electron chi connectivity index (χ3n) is 2.87. The quantitative estimate of drug-likeness (QED) is 0.800. The average molecular weight is 360 g/mol. The SMILES string of the molecule is CCOc1ccc(C(O)c2ccc(Br)c(Cl)c2F)cc1. The van der Waals surface area contributed by atoms with Gasteiger partial charge in [0.25, 0.3) is 0 Å². The van der Waals surface area contributed by atoms with Crippen LogP contribution in [0.4, 0.5) is 4.39 Å². The summed E-state index contributed by atoms with van der Waals surface area (Å²) in [5.41, 5.74) is 0.716. The van der Waals surface area contributed by atoms with Crippen LogP contribution in [0.1, 0.15) is 24.2 Å². The molecule has 106 valence electrons. The summed E-state index contributed by atoms with van der Waals surface area (Å²) < 4.78 is 19.8. The van der Waals surface area contributed by atoms with Crippen LogP contribution in [0.5, 0.6) is 5.75 Å². The molecule has 2 rings (SSSR count). The van der Waals surface area contributed by atoms with Gasteiger partial charge < -0.3 is 9.84 Å². The van der Waals surface area contributed by atoms with Crippen LogP contribution < -0.4 is 4.74 Å². The number of hydrogen-bond acceptors (Lipinski definition) is 2. The first-order valence-electron chi connectivity index (χ1n) is 6.08. The summed E-state index contributed by atoms with van der Waals surface area (Å²) in [4.78, 5) is 0. The van der Waals surface area contributed by atoms with Gasteiger partial charge in [-0.05, 0) is 46.6 Å². The Morgan fingerprint density at radius 2 is 1.90 bits per heavy atom. The number of hydrogen-bond donors (Lipinski definition) is 1. The first kappa shape index (κ1) is 15.3. The van der Waals surface area contributed by atoms with Gasteiger partial charge in [0.15, 0.2) is 0 Å². The predicted octanol–water partition coefficient (Wildman–Crippen LogP) is 4.72. The van der Waals surface area contributed by atoms with E-state index >= 15 is 0 Å². The average Bonchev–Trinajstić information content (AvgIpc) is 2.45. The molecule has 0 saturated heterocycles. The molecule has 5 heteroatoms. The normalized spacial score (nSPS) is 12.2. The molecule has 1 unspecified atom stereocenters. The van der Waals surface area contributed by atoms with Crippen molar-refractivity contribution in [3.63, 3.8) is 0 Å². The van der Waals surface area contributed by atoms with Gasteiger partial charge in [0.05, 0.1) is 11.6 Å². The van der Waals surface area contributed by atoms with Crippen LogP contribution in [0.3, 0.4) is 0 Å². The van der Waals surface area contributed by atoms with Crippen LogP contribution in [0.2, 0.25) is 5.02 Å². The van der Waals surface area contributed by atoms with Crippen molar-refractivity contribution in [3.8, 4) is 5.75 Å². The molecule has 0 spiro atoms. The minimum Gasteiger partial charge on any atom is -0.494 e. The van der Waals surface area contributed by atoms with E-state index in [0.29, 0.717) is 22.4 Å². The van der Waals surface area contributed by atoms with Gasteiger partial charge in [0.1, 0.15) is 17.7 Å². The van der Waals surface area contributed by atoms with Gasteiger partial charge in [-0.25, -0.2) is 4.39 Å². The van der Waals surface area contributed by atoms with E-state index in [1.807, 2.05) is 6.92 Å². The maximum Gasteiger partial charge on any atom is 0.149 e. The topological polar surface area (TPSA) is 29.5 Å². The molecule has 0 saturated carbocycles. The van der Waals surface area contributed by atoms with E-state index < -0.39 is 11.9 Å². The van der Waals surface area contributed by atoms with Crippen molar-refractivity contribution < 1.29 is 14.2 Å². The fourth-order valence-corrected chi connectivity index (χ4v) is 2.32. The highest BCUT2D eigenvalue weighted by Gasteiger charge is 2.18. The first-order chi connectivity index (χ1) is 9.54. The summed E-state index contributed by atoms with van der Waals surface area (Å²) >= 11 is 8.97. The molecule has 0 fully saturated rings. The number of rotatable bonds is 4. The van der Waals surface area contributed by atoms with E-state index in [9.17, 15) is 9.50 Å². The second kappa shape index (κ2) is 6.57. The summed E-state index contributed by atoms with van der Waals surface area (Å²) in [6.07, 6.45) is -1.07. The van der Waals surface area contributed by atoms with Gasteiger partial charge in [-0.2, -0.15) is 0 Å². The van der Waals surface area contributed by atoms with Gasteiger partial charge in [0.2, 0.25) is 0 Å². The molecule has 1 atom stereocenters. The Labute approximate surface area is 130 Å². The Hall–Kier alpha value is -1.10. The smallest absolute Gasteiger partial charge is 0.149 e. The van der Waals surface area contributed by atoms with E-state index in [2.05, 4.69) is 15.9 Å². The number of aliphatic hydroxyl groups excluding tert-OH is 1. The van der Waals surface area contributed by atoms with E-state index in [0.717, 1.165) is 0 Å². The molecule has 0 aliphatic rings. The highest BCUT2D eigenvalue weighted by Crippen LogP contribution is 2.33. The molecule has 0 aromatic heterocycles. The highest BCUT2D eigenvalue weighted by atomic mass is 79.9. The Morgan fingerprint density at radius 3 is 2.50 bits per heavy atom. The van der Waals surface area contributed by atoms with Crippen LogP contribution in [-0.2, 0) is 0 Å². The Kier molecular flexibility index (Phi) is 5.02. The van der Waals surface area contributed by atoms with Crippen LogP contribution in [0.25, 0.3) is 0 Å². The van der Waals surface area contributed by atoms with Crippen molar-refractivity contribution in [2.45, 2.75) is 13.0 Å². The Bertz CT molecular complexity index is 602. The summed E-state index contributed by atoms with van der Waals surface area (Å²) in [7, 11) is 0. The van der Waals surface area contributed by atoms with Crippen molar-refractivity contribution >= 4 is 27.5 Å². The van der Waals surface area contributed by atoms with Crippen molar-refractivity contribution in [3.05, 3.63) is 62.8 Å². The molecule has 2 aromatic rings. The third-order valence-corrected chi connectivity index (χ3v) is 4.13.